The van der Waals surface area contributed by atoms with Crippen molar-refractivity contribution in [3.8, 4) is 5.69 Å². The Hall–Kier alpha value is -2.24. The van der Waals surface area contributed by atoms with Crippen molar-refractivity contribution in [2.75, 3.05) is 0 Å². The van der Waals surface area contributed by atoms with E-state index in [0.29, 0.717) is 11.4 Å². The molecule has 0 aliphatic rings. The van der Waals surface area contributed by atoms with Crippen LogP contribution in [0.15, 0.2) is 24.3 Å². The molecule has 1 atom stereocenters. The summed E-state index contributed by atoms with van der Waals surface area (Å²) in [6, 6.07) is 7.50. The molecule has 1 N–H and O–H groups in total. The monoisotopic (exact) mass is 301 g/mol. The Balaban J connectivity index is 2.03. The van der Waals surface area contributed by atoms with Gasteiger partial charge in [-0.15, -0.1) is 5.10 Å². The molecule has 0 radical (unpaired) electrons. The molecular weight excluding hydrogens is 278 g/mol. The average molecular weight is 301 g/mol. The molecule has 0 fully saturated rings. The highest BCUT2D eigenvalue weighted by atomic mass is 16.1. The molecule has 0 spiro atoms. The molecule has 118 valence electrons. The molecule has 0 aliphatic heterocycles. The van der Waals surface area contributed by atoms with Gasteiger partial charge in [-0.25, -0.2) is 0 Å². The van der Waals surface area contributed by atoms with Gasteiger partial charge in [-0.3, -0.25) is 4.79 Å². The lowest BCUT2D eigenvalue weighted by molar-refractivity contribution is 0.0938. The van der Waals surface area contributed by atoms with E-state index in [4.69, 9.17) is 0 Å². The van der Waals surface area contributed by atoms with Gasteiger partial charge in [0.25, 0.3) is 5.91 Å². The van der Waals surface area contributed by atoms with E-state index in [-0.39, 0.29) is 11.9 Å². The first-order valence-electron chi connectivity index (χ1n) is 7.78. The molecule has 1 aromatic heterocycles. The normalized spacial score (nSPS) is 12.1. The van der Waals surface area contributed by atoms with Gasteiger partial charge in [-0.1, -0.05) is 32.3 Å². The van der Waals surface area contributed by atoms with Crippen molar-refractivity contribution < 1.29 is 4.79 Å². The molecule has 2 aromatic rings. The van der Waals surface area contributed by atoms with E-state index in [2.05, 4.69) is 27.8 Å². The third-order valence-electron chi connectivity index (χ3n) is 3.60. The van der Waals surface area contributed by atoms with E-state index < -0.39 is 0 Å². The summed E-state index contributed by atoms with van der Waals surface area (Å²) in [4.78, 5) is 12.3. The van der Waals surface area contributed by atoms with E-state index >= 15 is 0 Å². The third-order valence-corrected chi connectivity index (χ3v) is 3.60. The fraction of sp³-hybridized carbons (Fsp3) is 0.500. The summed E-state index contributed by atoms with van der Waals surface area (Å²) in [6.45, 7) is 6.04. The summed E-state index contributed by atoms with van der Waals surface area (Å²) in [5, 5.41) is 14.4. The van der Waals surface area contributed by atoms with Crippen molar-refractivity contribution in [3.63, 3.8) is 0 Å². The molecule has 1 amide bonds. The number of unbranched alkanes of at least 4 members (excludes halogenated alkanes) is 2. The number of hydrogen-bond acceptors (Lipinski definition) is 4. The smallest absolute Gasteiger partial charge is 0.251 e. The predicted octanol–water partition coefficient (Wildman–Crippen LogP) is 2.67. The largest absolute Gasteiger partial charge is 0.350 e. The summed E-state index contributed by atoms with van der Waals surface area (Å²) in [6.07, 6.45) is 4.54. The number of amides is 1. The number of aromatic nitrogens is 4. The van der Waals surface area contributed by atoms with Crippen LogP contribution in [0, 0.1) is 6.92 Å². The lowest BCUT2D eigenvalue weighted by Crippen LogP contribution is -2.32. The van der Waals surface area contributed by atoms with E-state index in [9.17, 15) is 4.79 Å². The van der Waals surface area contributed by atoms with Crippen LogP contribution in [0.25, 0.3) is 5.69 Å². The minimum Gasteiger partial charge on any atom is -0.350 e. The minimum absolute atomic E-state index is 0.0587. The number of hydrogen-bond donors (Lipinski definition) is 1. The molecule has 2 rings (SSSR count). The van der Waals surface area contributed by atoms with Crippen molar-refractivity contribution >= 4 is 5.91 Å². The predicted molar refractivity (Wildman–Crippen MR) is 85.0 cm³/mol. The Morgan fingerprint density at radius 3 is 2.86 bits per heavy atom. The summed E-state index contributed by atoms with van der Waals surface area (Å²) in [5.74, 6) is 0.627. The van der Waals surface area contributed by atoms with Crippen LogP contribution < -0.4 is 5.32 Å². The van der Waals surface area contributed by atoms with E-state index in [1.54, 1.807) is 16.8 Å². The zero-order chi connectivity index (χ0) is 15.9. The molecule has 1 aromatic carbocycles. The molecular formula is C16H23N5O. The number of tetrazole rings is 1. The molecule has 6 heteroatoms. The quantitative estimate of drug-likeness (QED) is 0.798. The summed E-state index contributed by atoms with van der Waals surface area (Å²) in [5.41, 5.74) is 1.41. The lowest BCUT2D eigenvalue weighted by Gasteiger charge is -2.14. The van der Waals surface area contributed by atoms with Gasteiger partial charge in [0.15, 0.2) is 5.82 Å². The molecule has 0 aliphatic carbocycles. The third kappa shape index (κ3) is 4.13. The van der Waals surface area contributed by atoms with Gasteiger partial charge in [0.2, 0.25) is 0 Å². The highest BCUT2D eigenvalue weighted by Crippen LogP contribution is 2.11. The van der Waals surface area contributed by atoms with Crippen LogP contribution in [0.1, 0.15) is 55.7 Å². The summed E-state index contributed by atoms with van der Waals surface area (Å²) >= 11 is 0. The van der Waals surface area contributed by atoms with Crippen molar-refractivity contribution in [1.29, 1.82) is 0 Å². The lowest BCUT2D eigenvalue weighted by atomic mass is 10.1. The van der Waals surface area contributed by atoms with Gasteiger partial charge in [0.05, 0.1) is 5.69 Å². The fourth-order valence-electron chi connectivity index (χ4n) is 2.33. The Morgan fingerprint density at radius 1 is 1.36 bits per heavy atom. The first kappa shape index (κ1) is 16.1. The maximum atomic E-state index is 12.3. The first-order valence-corrected chi connectivity index (χ1v) is 7.78. The second kappa shape index (κ2) is 7.68. The standard InChI is InChI=1S/C16H23N5O/c1-4-5-6-8-12(2)17-16(22)14-9-7-10-15(11-14)21-13(3)18-19-20-21/h7,9-12H,4-6,8H2,1-3H3,(H,17,22). The Labute approximate surface area is 130 Å². The van der Waals surface area contributed by atoms with Crippen molar-refractivity contribution in [1.82, 2.24) is 25.5 Å². The SMILES string of the molecule is CCCCCC(C)NC(=O)c1cccc(-n2nnnc2C)c1. The van der Waals surface area contributed by atoms with Gasteiger partial charge in [0.1, 0.15) is 0 Å². The number of carbonyl (C=O) groups excluding carboxylic acids is 1. The average Bonchev–Trinajstić information content (AvgIpc) is 2.94. The summed E-state index contributed by atoms with van der Waals surface area (Å²) < 4.78 is 1.61. The maximum Gasteiger partial charge on any atom is 0.251 e. The fourth-order valence-corrected chi connectivity index (χ4v) is 2.33. The van der Waals surface area contributed by atoms with Crippen LogP contribution in [0.2, 0.25) is 0 Å². The number of aryl methyl sites for hydroxylation is 1. The number of rotatable bonds is 7. The van der Waals surface area contributed by atoms with Gasteiger partial charge >= 0.3 is 0 Å². The van der Waals surface area contributed by atoms with Crippen molar-refractivity contribution in [2.24, 2.45) is 0 Å². The Bertz CT molecular complexity index is 623. The Morgan fingerprint density at radius 2 is 2.18 bits per heavy atom. The molecule has 1 heterocycles. The molecule has 1 unspecified atom stereocenters. The van der Waals surface area contributed by atoms with Gasteiger partial charge in [-0.2, -0.15) is 4.68 Å². The van der Waals surface area contributed by atoms with Crippen LogP contribution >= 0.6 is 0 Å². The van der Waals surface area contributed by atoms with Crippen LogP contribution in [-0.2, 0) is 0 Å². The number of carbonyl (C=O) groups is 1. The van der Waals surface area contributed by atoms with E-state index in [1.807, 2.05) is 26.0 Å². The zero-order valence-electron chi connectivity index (χ0n) is 13.4. The number of nitrogens with zero attached hydrogens (tertiary/aromatic N) is 4. The van der Waals surface area contributed by atoms with Gasteiger partial charge < -0.3 is 5.32 Å². The number of nitrogens with one attached hydrogen (secondary N) is 1. The van der Waals surface area contributed by atoms with Crippen molar-refractivity contribution in [3.05, 3.63) is 35.7 Å². The zero-order valence-corrected chi connectivity index (χ0v) is 13.4. The van der Waals surface area contributed by atoms with Crippen LogP contribution in [0.4, 0.5) is 0 Å². The molecule has 0 saturated carbocycles. The van der Waals surface area contributed by atoms with Crippen LogP contribution in [0.5, 0.6) is 0 Å². The van der Waals surface area contributed by atoms with Crippen LogP contribution in [0.3, 0.4) is 0 Å². The maximum absolute atomic E-state index is 12.3. The van der Waals surface area contributed by atoms with Crippen molar-refractivity contribution in [2.45, 2.75) is 52.5 Å². The van der Waals surface area contributed by atoms with E-state index in [0.717, 1.165) is 18.5 Å². The number of benzene rings is 1. The highest BCUT2D eigenvalue weighted by Gasteiger charge is 2.11. The molecule has 6 nitrogen and oxygen atoms in total. The minimum atomic E-state index is -0.0587. The molecule has 22 heavy (non-hydrogen) atoms. The van der Waals surface area contributed by atoms with E-state index in [1.165, 1.54) is 12.8 Å². The van der Waals surface area contributed by atoms with Gasteiger partial charge in [-0.05, 0) is 48.9 Å². The van der Waals surface area contributed by atoms with Crippen LogP contribution in [-0.4, -0.2) is 32.2 Å². The second-order valence-corrected chi connectivity index (χ2v) is 5.56. The molecule has 0 bridgehead atoms. The van der Waals surface area contributed by atoms with Gasteiger partial charge in [0, 0.05) is 11.6 Å². The Kier molecular flexibility index (Phi) is 5.63. The molecule has 0 saturated heterocycles. The highest BCUT2D eigenvalue weighted by molar-refractivity contribution is 5.94. The second-order valence-electron chi connectivity index (χ2n) is 5.56. The topological polar surface area (TPSA) is 72.7 Å². The first-order chi connectivity index (χ1) is 10.6. The summed E-state index contributed by atoms with van der Waals surface area (Å²) in [7, 11) is 0.